The van der Waals surface area contributed by atoms with Crippen LogP contribution in [0.2, 0.25) is 0 Å². The van der Waals surface area contributed by atoms with Gasteiger partial charge in [0, 0.05) is 11.1 Å². The van der Waals surface area contributed by atoms with Crippen LogP contribution >= 0.6 is 0 Å². The summed E-state index contributed by atoms with van der Waals surface area (Å²) >= 11 is 0. The Morgan fingerprint density at radius 3 is 2.30 bits per heavy atom. The van der Waals surface area contributed by atoms with Crippen LogP contribution in [0, 0.1) is 12.3 Å². The van der Waals surface area contributed by atoms with Crippen LogP contribution in [0.5, 0.6) is 0 Å². The number of carbonyl (C=O) groups is 3. The number of nitrogens with one attached hydrogen (secondary N) is 2. The highest BCUT2D eigenvalue weighted by Gasteiger charge is 2.25. The molecule has 2 amide bonds. The highest BCUT2D eigenvalue weighted by Crippen LogP contribution is 2.18. The van der Waals surface area contributed by atoms with Crippen molar-refractivity contribution in [1.29, 1.82) is 0 Å². The number of ether oxygens (including phenoxy) is 1. The molecule has 0 aromatic heterocycles. The van der Waals surface area contributed by atoms with Crippen molar-refractivity contribution in [2.24, 2.45) is 5.41 Å². The molecule has 6 heteroatoms. The van der Waals surface area contributed by atoms with Gasteiger partial charge in [0.1, 0.15) is 6.04 Å². The lowest BCUT2D eigenvalue weighted by atomic mass is 9.95. The fourth-order valence-electron chi connectivity index (χ4n) is 1.72. The lowest BCUT2D eigenvalue weighted by Gasteiger charge is -2.21. The molecule has 0 radical (unpaired) electrons. The van der Waals surface area contributed by atoms with E-state index in [0.29, 0.717) is 11.3 Å². The fraction of sp³-hybridized carbons (Fsp3) is 0.471. The largest absolute Gasteiger partial charge is 0.465 e. The van der Waals surface area contributed by atoms with Gasteiger partial charge in [0.25, 0.3) is 0 Å². The summed E-state index contributed by atoms with van der Waals surface area (Å²) in [5.74, 6) is -1.04. The molecule has 6 nitrogen and oxygen atoms in total. The standard InChI is InChI=1S/C17H24N2O4/c1-10-7-8-12(15(21)23-6)9-13(10)19-14(20)11(2)18-16(22)17(3,4)5/h7-9,11H,1-6H3,(H,18,22)(H,19,20). The molecule has 1 aromatic rings. The zero-order chi connectivity index (χ0) is 17.8. The molecule has 0 saturated heterocycles. The van der Waals surface area contributed by atoms with Crippen molar-refractivity contribution in [1.82, 2.24) is 5.32 Å². The first-order chi connectivity index (χ1) is 10.6. The van der Waals surface area contributed by atoms with Crippen molar-refractivity contribution in [3.8, 4) is 0 Å². The molecule has 0 aliphatic carbocycles. The van der Waals surface area contributed by atoms with Crippen molar-refractivity contribution in [2.45, 2.75) is 40.7 Å². The van der Waals surface area contributed by atoms with Crippen LogP contribution in [-0.4, -0.2) is 30.9 Å². The summed E-state index contributed by atoms with van der Waals surface area (Å²) in [6, 6.07) is 4.21. The van der Waals surface area contributed by atoms with Gasteiger partial charge < -0.3 is 15.4 Å². The molecule has 0 saturated carbocycles. The number of anilines is 1. The van der Waals surface area contributed by atoms with Crippen LogP contribution in [0.4, 0.5) is 5.69 Å². The molecule has 0 heterocycles. The summed E-state index contributed by atoms with van der Waals surface area (Å²) < 4.78 is 4.66. The maximum absolute atomic E-state index is 12.2. The Morgan fingerprint density at radius 1 is 1.17 bits per heavy atom. The third-order valence-electron chi connectivity index (χ3n) is 3.34. The first kappa shape index (κ1) is 18.7. The van der Waals surface area contributed by atoms with E-state index in [1.165, 1.54) is 7.11 Å². The molecule has 1 atom stereocenters. The van der Waals surface area contributed by atoms with E-state index in [1.54, 1.807) is 45.9 Å². The summed E-state index contributed by atoms with van der Waals surface area (Å²) in [6.45, 7) is 8.75. The minimum Gasteiger partial charge on any atom is -0.465 e. The molecule has 126 valence electrons. The molecule has 1 aromatic carbocycles. The second-order valence-electron chi connectivity index (χ2n) is 6.46. The second-order valence-corrected chi connectivity index (χ2v) is 6.46. The number of aryl methyl sites for hydroxylation is 1. The van der Waals surface area contributed by atoms with Gasteiger partial charge in [-0.25, -0.2) is 4.79 Å². The normalized spacial score (nSPS) is 12.3. The van der Waals surface area contributed by atoms with Crippen LogP contribution in [0.1, 0.15) is 43.6 Å². The van der Waals surface area contributed by atoms with E-state index in [9.17, 15) is 14.4 Å². The van der Waals surface area contributed by atoms with E-state index >= 15 is 0 Å². The SMILES string of the molecule is COC(=O)c1ccc(C)c(NC(=O)C(C)NC(=O)C(C)(C)C)c1. The molecule has 0 fully saturated rings. The van der Waals surface area contributed by atoms with Gasteiger partial charge in [0.05, 0.1) is 12.7 Å². The fourth-order valence-corrected chi connectivity index (χ4v) is 1.72. The summed E-state index contributed by atoms with van der Waals surface area (Å²) in [5, 5.41) is 5.39. The van der Waals surface area contributed by atoms with Gasteiger partial charge in [-0.05, 0) is 31.5 Å². The Bertz CT molecular complexity index is 618. The first-order valence-electron chi connectivity index (χ1n) is 7.37. The summed E-state index contributed by atoms with van der Waals surface area (Å²) in [5.41, 5.74) is 1.09. The Hall–Kier alpha value is -2.37. The quantitative estimate of drug-likeness (QED) is 0.834. The second kappa shape index (κ2) is 7.26. The first-order valence-corrected chi connectivity index (χ1v) is 7.37. The molecule has 0 spiro atoms. The van der Waals surface area contributed by atoms with Gasteiger partial charge in [-0.3, -0.25) is 9.59 Å². The minimum atomic E-state index is -0.692. The smallest absolute Gasteiger partial charge is 0.337 e. The molecular weight excluding hydrogens is 296 g/mol. The van der Waals surface area contributed by atoms with Crippen LogP contribution in [0.15, 0.2) is 18.2 Å². The Balaban J connectivity index is 2.84. The van der Waals surface area contributed by atoms with E-state index in [1.807, 2.05) is 6.92 Å². The van der Waals surface area contributed by atoms with E-state index in [2.05, 4.69) is 15.4 Å². The van der Waals surface area contributed by atoms with Gasteiger partial charge in [-0.1, -0.05) is 26.8 Å². The zero-order valence-corrected chi connectivity index (χ0v) is 14.4. The van der Waals surface area contributed by atoms with Gasteiger partial charge in [0.15, 0.2) is 0 Å². The summed E-state index contributed by atoms with van der Waals surface area (Å²) in [7, 11) is 1.30. The number of amides is 2. The number of hydrogen-bond acceptors (Lipinski definition) is 4. The monoisotopic (exact) mass is 320 g/mol. The van der Waals surface area contributed by atoms with Gasteiger partial charge in [-0.15, -0.1) is 0 Å². The molecule has 2 N–H and O–H groups in total. The molecular formula is C17H24N2O4. The predicted octanol–water partition coefficient (Wildman–Crippen LogP) is 2.27. The predicted molar refractivity (Wildman–Crippen MR) is 88.2 cm³/mol. The molecule has 0 aliphatic rings. The molecule has 0 bridgehead atoms. The van der Waals surface area contributed by atoms with Crippen LogP contribution in [0.3, 0.4) is 0 Å². The topological polar surface area (TPSA) is 84.5 Å². The maximum Gasteiger partial charge on any atom is 0.337 e. The van der Waals surface area contributed by atoms with Crippen molar-refractivity contribution in [3.63, 3.8) is 0 Å². The number of benzene rings is 1. The summed E-state index contributed by atoms with van der Waals surface area (Å²) in [6.07, 6.45) is 0. The zero-order valence-electron chi connectivity index (χ0n) is 14.4. The average Bonchev–Trinajstić information content (AvgIpc) is 2.47. The van der Waals surface area contributed by atoms with Crippen LogP contribution in [0.25, 0.3) is 0 Å². The van der Waals surface area contributed by atoms with E-state index in [4.69, 9.17) is 0 Å². The third-order valence-corrected chi connectivity index (χ3v) is 3.34. The van der Waals surface area contributed by atoms with Crippen molar-refractivity contribution >= 4 is 23.5 Å². The number of methoxy groups -OCH3 is 1. The molecule has 0 aliphatic heterocycles. The molecule has 1 unspecified atom stereocenters. The van der Waals surface area contributed by atoms with Crippen molar-refractivity contribution in [2.75, 3.05) is 12.4 Å². The number of esters is 1. The Labute approximate surface area is 136 Å². The van der Waals surface area contributed by atoms with E-state index in [0.717, 1.165) is 5.56 Å². The van der Waals surface area contributed by atoms with E-state index in [-0.39, 0.29) is 11.8 Å². The highest BCUT2D eigenvalue weighted by atomic mass is 16.5. The lowest BCUT2D eigenvalue weighted by molar-refractivity contribution is -0.131. The maximum atomic E-state index is 12.2. The molecule has 23 heavy (non-hydrogen) atoms. The average molecular weight is 320 g/mol. The van der Waals surface area contributed by atoms with Gasteiger partial charge in [0.2, 0.25) is 11.8 Å². The Kier molecular flexibility index (Phi) is 5.90. The number of rotatable bonds is 4. The van der Waals surface area contributed by atoms with Crippen LogP contribution in [-0.2, 0) is 14.3 Å². The molecule has 1 rings (SSSR count). The number of hydrogen-bond donors (Lipinski definition) is 2. The van der Waals surface area contributed by atoms with Gasteiger partial charge >= 0.3 is 5.97 Å². The Morgan fingerprint density at radius 2 is 1.78 bits per heavy atom. The van der Waals surface area contributed by atoms with Gasteiger partial charge in [-0.2, -0.15) is 0 Å². The van der Waals surface area contributed by atoms with E-state index < -0.39 is 17.4 Å². The highest BCUT2D eigenvalue weighted by molar-refractivity contribution is 5.99. The number of carbonyl (C=O) groups excluding carboxylic acids is 3. The summed E-state index contributed by atoms with van der Waals surface area (Å²) in [4.78, 5) is 35.7. The third kappa shape index (κ3) is 5.09. The van der Waals surface area contributed by atoms with Crippen LogP contribution < -0.4 is 10.6 Å². The van der Waals surface area contributed by atoms with Crippen molar-refractivity contribution < 1.29 is 19.1 Å². The minimum absolute atomic E-state index is 0.208. The van der Waals surface area contributed by atoms with Crippen molar-refractivity contribution in [3.05, 3.63) is 29.3 Å². The lowest BCUT2D eigenvalue weighted by Crippen LogP contribution is -2.46.